The molecule has 54 heavy (non-hydrogen) atoms. The topological polar surface area (TPSA) is 108 Å². The number of pyridine rings is 1. The Hall–Kier alpha value is -4.62. The highest BCUT2D eigenvalue weighted by molar-refractivity contribution is 6.32. The van der Waals surface area contributed by atoms with E-state index >= 15 is 0 Å². The van der Waals surface area contributed by atoms with Crippen LogP contribution in [0.5, 0.6) is 17.2 Å². The molecule has 0 saturated carbocycles. The molecule has 0 unspecified atom stereocenters. The summed E-state index contributed by atoms with van der Waals surface area (Å²) in [6, 6.07) is 20.7. The number of carbonyl (C=O) groups is 1. The molecule has 10 heteroatoms. The van der Waals surface area contributed by atoms with Crippen molar-refractivity contribution in [2.24, 2.45) is 5.92 Å². The van der Waals surface area contributed by atoms with Gasteiger partial charge in [-0.25, -0.2) is 0 Å². The smallest absolute Gasteiger partial charge is 0.307 e. The Morgan fingerprint density at radius 2 is 1.70 bits per heavy atom. The summed E-state index contributed by atoms with van der Waals surface area (Å²) in [5.41, 5.74) is 7.75. The second kappa shape index (κ2) is 18.6. The van der Waals surface area contributed by atoms with Crippen molar-refractivity contribution in [2.75, 3.05) is 32.8 Å². The van der Waals surface area contributed by atoms with Gasteiger partial charge < -0.3 is 24.2 Å². The molecule has 6 rings (SSSR count). The Kier molecular flexibility index (Phi) is 13.5. The predicted molar refractivity (Wildman–Crippen MR) is 211 cm³/mol. The maximum absolute atomic E-state index is 11.5. The van der Waals surface area contributed by atoms with Crippen molar-refractivity contribution in [1.82, 2.24) is 14.8 Å². The molecule has 3 heterocycles. The molecule has 2 aliphatic rings. The lowest BCUT2D eigenvalue weighted by atomic mass is 9.93. The molecule has 2 aliphatic heterocycles. The monoisotopic (exact) mass is 750 g/mol. The predicted octanol–water partition coefficient (Wildman–Crippen LogP) is 8.99. The number of carboxylic acid groups (broad SMARTS) is 1. The number of carboxylic acids is 1. The zero-order chi connectivity index (χ0) is 38.0. The number of nitrogens with zero attached hydrogens (tertiary/aromatic N) is 4. The maximum atomic E-state index is 11.5. The summed E-state index contributed by atoms with van der Waals surface area (Å²) in [6.45, 7) is 11.8. The highest BCUT2D eigenvalue weighted by Gasteiger charge is 2.25. The molecule has 2 fully saturated rings. The van der Waals surface area contributed by atoms with Crippen LogP contribution in [0, 0.1) is 31.1 Å². The lowest BCUT2D eigenvalue weighted by Gasteiger charge is -2.33. The minimum atomic E-state index is -0.696. The quantitative estimate of drug-likeness (QED) is 0.119. The van der Waals surface area contributed by atoms with Gasteiger partial charge in [-0.15, -0.1) is 0 Å². The van der Waals surface area contributed by atoms with Crippen molar-refractivity contribution in [3.63, 3.8) is 0 Å². The van der Waals surface area contributed by atoms with Crippen LogP contribution in [-0.4, -0.2) is 64.7 Å². The Balaban J connectivity index is 1.14. The van der Waals surface area contributed by atoms with Crippen LogP contribution in [0.1, 0.15) is 78.8 Å². The number of rotatable bonds is 15. The average Bonchev–Trinajstić information content (AvgIpc) is 3.18. The van der Waals surface area contributed by atoms with Crippen LogP contribution in [0.4, 0.5) is 0 Å². The van der Waals surface area contributed by atoms with E-state index in [2.05, 4.69) is 65.9 Å². The van der Waals surface area contributed by atoms with Gasteiger partial charge in [-0.3, -0.25) is 14.7 Å². The lowest BCUT2D eigenvalue weighted by molar-refractivity contribution is -0.143. The van der Waals surface area contributed by atoms with E-state index in [-0.39, 0.29) is 12.5 Å². The zero-order valence-corrected chi connectivity index (χ0v) is 32.4. The van der Waals surface area contributed by atoms with Gasteiger partial charge in [0.15, 0.2) is 0 Å². The Morgan fingerprint density at radius 1 is 0.907 bits per heavy atom. The van der Waals surface area contributed by atoms with Crippen LogP contribution < -0.4 is 14.2 Å². The highest BCUT2D eigenvalue weighted by Crippen LogP contribution is 2.37. The Morgan fingerprint density at radius 3 is 2.50 bits per heavy atom. The first kappa shape index (κ1) is 39.1. The van der Waals surface area contributed by atoms with E-state index in [0.29, 0.717) is 47.9 Å². The first-order valence-electron chi connectivity index (χ1n) is 19.1. The van der Waals surface area contributed by atoms with Gasteiger partial charge in [-0.1, -0.05) is 48.4 Å². The summed E-state index contributed by atoms with van der Waals surface area (Å²) in [5, 5.41) is 19.3. The van der Waals surface area contributed by atoms with Gasteiger partial charge in [0.1, 0.15) is 36.5 Å². The lowest BCUT2D eigenvalue weighted by Crippen LogP contribution is -2.39. The molecule has 0 amide bonds. The van der Waals surface area contributed by atoms with E-state index in [4.69, 9.17) is 25.8 Å². The molecule has 0 aliphatic carbocycles. The summed E-state index contributed by atoms with van der Waals surface area (Å²) in [7, 11) is 0. The molecule has 284 valence electrons. The Bertz CT molecular complexity index is 1960. The van der Waals surface area contributed by atoms with E-state index in [1.807, 2.05) is 24.3 Å². The third kappa shape index (κ3) is 9.92. The normalized spacial score (nSPS) is 17.8. The highest BCUT2D eigenvalue weighted by atomic mass is 35.5. The van der Waals surface area contributed by atoms with Crippen molar-refractivity contribution in [3.05, 3.63) is 105 Å². The third-order valence-corrected chi connectivity index (χ3v) is 11.2. The number of aromatic nitrogens is 1. The van der Waals surface area contributed by atoms with Crippen molar-refractivity contribution in [1.29, 1.82) is 5.26 Å². The molecule has 1 N–H and O–H groups in total. The van der Waals surface area contributed by atoms with E-state index < -0.39 is 5.97 Å². The summed E-state index contributed by atoms with van der Waals surface area (Å²) in [5.74, 6) is 1.13. The molecule has 0 bridgehead atoms. The second-order valence-corrected chi connectivity index (χ2v) is 15.1. The van der Waals surface area contributed by atoms with Gasteiger partial charge in [0.2, 0.25) is 0 Å². The van der Waals surface area contributed by atoms with Crippen molar-refractivity contribution in [3.8, 4) is 34.4 Å². The number of hydrogen-bond donors (Lipinski definition) is 1. The number of piperidine rings is 2. The van der Waals surface area contributed by atoms with Crippen LogP contribution in [-0.2, 0) is 24.6 Å². The molecular weight excluding hydrogens is 700 g/mol. The number of nitriles is 1. The summed E-state index contributed by atoms with van der Waals surface area (Å²) < 4.78 is 19.1. The number of aliphatic carboxylic acids is 1. The molecule has 3 aromatic carbocycles. The molecule has 1 aromatic heterocycles. The number of likely N-dealkylation sites (tertiary alicyclic amines) is 2. The summed E-state index contributed by atoms with van der Waals surface area (Å²) in [6.07, 6.45) is 9.37. The van der Waals surface area contributed by atoms with Crippen LogP contribution in [0.2, 0.25) is 5.02 Å². The third-order valence-electron chi connectivity index (χ3n) is 10.9. The average molecular weight is 751 g/mol. The van der Waals surface area contributed by atoms with E-state index in [9.17, 15) is 15.2 Å². The van der Waals surface area contributed by atoms with Crippen LogP contribution in [0.25, 0.3) is 11.1 Å². The van der Waals surface area contributed by atoms with E-state index in [1.54, 1.807) is 18.5 Å². The van der Waals surface area contributed by atoms with Gasteiger partial charge in [0, 0.05) is 55.3 Å². The molecular formula is C44H51ClN4O5. The fourth-order valence-electron chi connectivity index (χ4n) is 7.62. The number of ether oxygens (including phenoxy) is 3. The first-order valence-corrected chi connectivity index (χ1v) is 19.5. The van der Waals surface area contributed by atoms with Crippen molar-refractivity contribution >= 4 is 17.6 Å². The van der Waals surface area contributed by atoms with E-state index in [0.717, 1.165) is 90.1 Å². The van der Waals surface area contributed by atoms with Gasteiger partial charge in [0.05, 0.1) is 23.1 Å². The largest absolute Gasteiger partial charge is 0.493 e. The summed E-state index contributed by atoms with van der Waals surface area (Å²) >= 11 is 6.91. The van der Waals surface area contributed by atoms with Gasteiger partial charge >= 0.3 is 5.97 Å². The molecule has 4 aromatic rings. The number of hydrogen-bond acceptors (Lipinski definition) is 8. The molecule has 9 nitrogen and oxygen atoms in total. The van der Waals surface area contributed by atoms with Gasteiger partial charge in [-0.2, -0.15) is 5.26 Å². The van der Waals surface area contributed by atoms with E-state index in [1.165, 1.54) is 19.3 Å². The fraction of sp³-hybridized carbons (Fsp3) is 0.432. The van der Waals surface area contributed by atoms with Crippen molar-refractivity contribution in [2.45, 2.75) is 85.1 Å². The first-order chi connectivity index (χ1) is 26.2. The van der Waals surface area contributed by atoms with Crippen LogP contribution >= 0.6 is 11.6 Å². The second-order valence-electron chi connectivity index (χ2n) is 14.7. The minimum absolute atomic E-state index is 0.265. The molecule has 2 atom stereocenters. The van der Waals surface area contributed by atoms with Crippen LogP contribution in [0.3, 0.4) is 0 Å². The van der Waals surface area contributed by atoms with Crippen LogP contribution in [0.15, 0.2) is 67.0 Å². The Labute approximate surface area is 324 Å². The number of halogens is 1. The molecule has 0 radical (unpaired) electrons. The minimum Gasteiger partial charge on any atom is -0.493 e. The van der Waals surface area contributed by atoms with Gasteiger partial charge in [0.25, 0.3) is 0 Å². The molecule has 0 spiro atoms. The van der Waals surface area contributed by atoms with Gasteiger partial charge in [-0.05, 0) is 112 Å². The number of benzene rings is 3. The standard InChI is InChI=1S/C44H51ClN4O5/c1-30-10-4-5-18-49(30)27-37-21-40(45)43(22-42(37)53-28-34-20-33(23-46)24-47-25-34)54-29-36-11-6-13-38(31(36)2)39-14-7-15-41(32(39)3)52-19-9-17-48-16-8-12-35(26-48)44(50)51/h6-7,11,13-15,20-22,24-25,30,35H,4-5,8-10,12,16-19,26-29H2,1-3H3,(H,50,51)/t30-,35-/m1/s1. The fourth-order valence-corrected chi connectivity index (χ4v) is 7.87. The van der Waals surface area contributed by atoms with Crippen molar-refractivity contribution < 1.29 is 24.1 Å². The SMILES string of the molecule is Cc1c(COc2cc(OCc3cncc(C#N)c3)c(CN3CCCC[C@H]3C)cc2Cl)cccc1-c1cccc(OCCCN2CCC[C@@H](C(=O)O)C2)c1C. The summed E-state index contributed by atoms with van der Waals surface area (Å²) in [4.78, 5) is 20.4. The maximum Gasteiger partial charge on any atom is 0.307 e. The molecule has 2 saturated heterocycles. The zero-order valence-electron chi connectivity index (χ0n) is 31.7.